The number of hydrogen-bond donors (Lipinski definition) is 1. The molecule has 0 saturated carbocycles. The maximum atomic E-state index is 11.9. The molecule has 0 unspecified atom stereocenters. The number of piperidine rings is 1. The van der Waals surface area contributed by atoms with Crippen molar-refractivity contribution in [2.24, 2.45) is 0 Å². The van der Waals surface area contributed by atoms with Gasteiger partial charge in [-0.3, -0.25) is 4.79 Å². The summed E-state index contributed by atoms with van der Waals surface area (Å²) in [7, 11) is 1.67. The summed E-state index contributed by atoms with van der Waals surface area (Å²) in [6.07, 6.45) is 4.49. The van der Waals surface area contributed by atoms with Crippen LogP contribution in [0.25, 0.3) is 0 Å². The van der Waals surface area contributed by atoms with Gasteiger partial charge < -0.3 is 15.0 Å². The Morgan fingerprint density at radius 1 is 1.20 bits per heavy atom. The number of likely N-dealkylation sites (tertiary alicyclic amines) is 1. The third-order valence-corrected chi connectivity index (χ3v) is 3.73. The molecule has 1 aliphatic rings. The van der Waals surface area contributed by atoms with Crippen molar-refractivity contribution in [3.8, 4) is 5.75 Å². The molecule has 1 N–H and O–H groups in total. The molecule has 0 radical (unpaired) electrons. The number of benzene rings is 1. The Morgan fingerprint density at radius 3 is 2.55 bits per heavy atom. The van der Waals surface area contributed by atoms with Gasteiger partial charge >= 0.3 is 0 Å². The second-order valence-corrected chi connectivity index (χ2v) is 5.22. The summed E-state index contributed by atoms with van der Waals surface area (Å²) in [4.78, 5) is 13.9. The molecule has 4 heteroatoms. The normalized spacial score (nSPS) is 15.2. The average molecular weight is 276 g/mol. The van der Waals surface area contributed by atoms with Crippen molar-refractivity contribution in [1.82, 2.24) is 10.2 Å². The van der Waals surface area contributed by atoms with Gasteiger partial charge in [0.05, 0.1) is 13.7 Å². The molecule has 1 amide bonds. The van der Waals surface area contributed by atoms with Crippen LogP contribution in [0.3, 0.4) is 0 Å². The summed E-state index contributed by atoms with van der Waals surface area (Å²) in [6.45, 7) is 3.14. The maximum Gasteiger partial charge on any atom is 0.236 e. The van der Waals surface area contributed by atoms with E-state index in [4.69, 9.17) is 4.74 Å². The van der Waals surface area contributed by atoms with Gasteiger partial charge in [-0.2, -0.15) is 0 Å². The van der Waals surface area contributed by atoms with Crippen molar-refractivity contribution < 1.29 is 9.53 Å². The molecule has 0 aliphatic carbocycles. The third-order valence-electron chi connectivity index (χ3n) is 3.73. The highest BCUT2D eigenvalue weighted by atomic mass is 16.5. The molecule has 2 rings (SSSR count). The molecule has 1 aromatic carbocycles. The number of nitrogens with zero attached hydrogens (tertiary/aromatic N) is 1. The smallest absolute Gasteiger partial charge is 0.236 e. The second-order valence-electron chi connectivity index (χ2n) is 5.22. The van der Waals surface area contributed by atoms with Crippen LogP contribution in [-0.4, -0.2) is 44.1 Å². The van der Waals surface area contributed by atoms with Crippen LogP contribution in [0.1, 0.15) is 24.8 Å². The topological polar surface area (TPSA) is 41.6 Å². The lowest BCUT2D eigenvalue weighted by Gasteiger charge is -2.26. The number of carbonyl (C=O) groups excluding carboxylic acids is 1. The highest BCUT2D eigenvalue weighted by molar-refractivity contribution is 5.78. The zero-order chi connectivity index (χ0) is 14.2. The minimum atomic E-state index is 0.236. The fraction of sp³-hybridized carbons (Fsp3) is 0.562. The zero-order valence-electron chi connectivity index (χ0n) is 12.2. The SMILES string of the molecule is COc1ccc(CCNCC(=O)N2CCCCC2)cc1. The van der Waals surface area contributed by atoms with Gasteiger partial charge in [0.25, 0.3) is 0 Å². The van der Waals surface area contributed by atoms with Gasteiger partial charge in [0.15, 0.2) is 0 Å². The van der Waals surface area contributed by atoms with Gasteiger partial charge in [0.2, 0.25) is 5.91 Å². The number of hydrogen-bond acceptors (Lipinski definition) is 3. The maximum absolute atomic E-state index is 11.9. The van der Waals surface area contributed by atoms with Gasteiger partial charge in [0.1, 0.15) is 5.75 Å². The van der Waals surface area contributed by atoms with E-state index >= 15 is 0 Å². The van der Waals surface area contributed by atoms with Crippen molar-refractivity contribution in [3.63, 3.8) is 0 Å². The van der Waals surface area contributed by atoms with Crippen molar-refractivity contribution in [2.45, 2.75) is 25.7 Å². The predicted octanol–water partition coefficient (Wildman–Crippen LogP) is 1.84. The quantitative estimate of drug-likeness (QED) is 0.806. The van der Waals surface area contributed by atoms with E-state index in [-0.39, 0.29) is 5.91 Å². The minimum absolute atomic E-state index is 0.236. The Balaban J connectivity index is 1.64. The minimum Gasteiger partial charge on any atom is -0.497 e. The third kappa shape index (κ3) is 4.53. The largest absolute Gasteiger partial charge is 0.497 e. The summed E-state index contributed by atoms with van der Waals surface area (Å²) in [6, 6.07) is 8.06. The van der Waals surface area contributed by atoms with E-state index in [0.29, 0.717) is 6.54 Å². The van der Waals surface area contributed by atoms with E-state index in [1.54, 1.807) is 7.11 Å². The summed E-state index contributed by atoms with van der Waals surface area (Å²) in [5.74, 6) is 1.11. The summed E-state index contributed by atoms with van der Waals surface area (Å²) in [5, 5.41) is 3.24. The molecular formula is C16H24N2O2. The summed E-state index contributed by atoms with van der Waals surface area (Å²) < 4.78 is 5.13. The molecule has 0 aromatic heterocycles. The average Bonchev–Trinajstić information content (AvgIpc) is 2.53. The van der Waals surface area contributed by atoms with Gasteiger partial charge in [0, 0.05) is 13.1 Å². The van der Waals surface area contributed by atoms with Gasteiger partial charge in [-0.1, -0.05) is 12.1 Å². The zero-order valence-corrected chi connectivity index (χ0v) is 12.2. The van der Waals surface area contributed by atoms with Gasteiger partial charge in [-0.25, -0.2) is 0 Å². The van der Waals surface area contributed by atoms with Crippen LogP contribution in [0.15, 0.2) is 24.3 Å². The number of methoxy groups -OCH3 is 1. The van der Waals surface area contributed by atoms with Crippen molar-refractivity contribution in [2.75, 3.05) is 33.3 Å². The lowest BCUT2D eigenvalue weighted by atomic mass is 10.1. The summed E-state index contributed by atoms with van der Waals surface area (Å²) in [5.41, 5.74) is 1.25. The summed E-state index contributed by atoms with van der Waals surface area (Å²) >= 11 is 0. The van der Waals surface area contributed by atoms with Crippen LogP contribution in [0.2, 0.25) is 0 Å². The number of amides is 1. The number of ether oxygens (including phenoxy) is 1. The van der Waals surface area contributed by atoms with E-state index in [9.17, 15) is 4.79 Å². The van der Waals surface area contributed by atoms with Crippen molar-refractivity contribution >= 4 is 5.91 Å². The van der Waals surface area contributed by atoms with Crippen LogP contribution in [0, 0.1) is 0 Å². The van der Waals surface area contributed by atoms with E-state index in [0.717, 1.165) is 44.6 Å². The monoisotopic (exact) mass is 276 g/mol. The Kier molecular flexibility index (Phi) is 5.87. The van der Waals surface area contributed by atoms with Crippen molar-refractivity contribution in [3.05, 3.63) is 29.8 Å². The van der Waals surface area contributed by atoms with Crippen LogP contribution in [-0.2, 0) is 11.2 Å². The fourth-order valence-electron chi connectivity index (χ4n) is 2.48. The Hall–Kier alpha value is -1.55. The van der Waals surface area contributed by atoms with Crippen LogP contribution < -0.4 is 10.1 Å². The first-order chi connectivity index (χ1) is 9.79. The number of carbonyl (C=O) groups is 1. The van der Waals surface area contributed by atoms with E-state index in [1.807, 2.05) is 17.0 Å². The van der Waals surface area contributed by atoms with Crippen LogP contribution >= 0.6 is 0 Å². The molecule has 20 heavy (non-hydrogen) atoms. The molecule has 1 fully saturated rings. The Bertz CT molecular complexity index is 411. The first kappa shape index (κ1) is 14.9. The molecule has 110 valence electrons. The first-order valence-electron chi connectivity index (χ1n) is 7.41. The fourth-order valence-corrected chi connectivity index (χ4v) is 2.48. The second kappa shape index (κ2) is 7.90. The lowest BCUT2D eigenvalue weighted by molar-refractivity contribution is -0.131. The number of nitrogens with one attached hydrogen (secondary N) is 1. The van der Waals surface area contributed by atoms with Crippen molar-refractivity contribution in [1.29, 1.82) is 0 Å². The van der Waals surface area contributed by atoms with Crippen LogP contribution in [0.4, 0.5) is 0 Å². The molecule has 0 spiro atoms. The van der Waals surface area contributed by atoms with Gasteiger partial charge in [-0.15, -0.1) is 0 Å². The Labute approximate surface area is 121 Å². The molecule has 1 aliphatic heterocycles. The first-order valence-corrected chi connectivity index (χ1v) is 7.41. The molecule has 1 aromatic rings. The molecule has 1 saturated heterocycles. The van der Waals surface area contributed by atoms with E-state index < -0.39 is 0 Å². The van der Waals surface area contributed by atoms with Crippen LogP contribution in [0.5, 0.6) is 5.75 Å². The highest BCUT2D eigenvalue weighted by Crippen LogP contribution is 2.11. The van der Waals surface area contributed by atoms with Gasteiger partial charge in [-0.05, 0) is 49.9 Å². The Morgan fingerprint density at radius 2 is 1.90 bits per heavy atom. The molecule has 1 heterocycles. The molecule has 0 atom stereocenters. The molecule has 0 bridgehead atoms. The molecular weight excluding hydrogens is 252 g/mol. The highest BCUT2D eigenvalue weighted by Gasteiger charge is 2.15. The standard InChI is InChI=1S/C16H24N2O2/c1-20-15-7-5-14(6-8-15)9-10-17-13-16(19)18-11-3-2-4-12-18/h5-8,17H,2-4,9-13H2,1H3. The molecule has 4 nitrogen and oxygen atoms in total. The van der Waals surface area contributed by atoms with E-state index in [1.165, 1.54) is 12.0 Å². The predicted molar refractivity (Wildman–Crippen MR) is 80.0 cm³/mol. The number of rotatable bonds is 6. The van der Waals surface area contributed by atoms with E-state index in [2.05, 4.69) is 17.4 Å². The lowest BCUT2D eigenvalue weighted by Crippen LogP contribution is -2.41.